The van der Waals surface area contributed by atoms with Crippen LogP contribution in [0.15, 0.2) is 24.3 Å². The van der Waals surface area contributed by atoms with Crippen molar-refractivity contribution >= 4 is 5.91 Å². The van der Waals surface area contributed by atoms with Crippen molar-refractivity contribution < 1.29 is 4.79 Å². The summed E-state index contributed by atoms with van der Waals surface area (Å²) in [6.07, 6.45) is 3.40. The van der Waals surface area contributed by atoms with E-state index in [1.165, 1.54) is 17.5 Å². The predicted molar refractivity (Wildman–Crippen MR) is 75.8 cm³/mol. The van der Waals surface area contributed by atoms with Crippen molar-refractivity contribution in [1.82, 2.24) is 10.6 Å². The van der Waals surface area contributed by atoms with Crippen molar-refractivity contribution in [3.63, 3.8) is 0 Å². The van der Waals surface area contributed by atoms with Gasteiger partial charge >= 0.3 is 0 Å². The molecule has 3 nitrogen and oxygen atoms in total. The number of aryl methyl sites for hydroxylation is 1. The van der Waals surface area contributed by atoms with E-state index >= 15 is 0 Å². The summed E-state index contributed by atoms with van der Waals surface area (Å²) in [4.78, 5) is 12.4. The molecule has 3 rings (SSSR count). The lowest BCUT2D eigenvalue weighted by Crippen LogP contribution is -2.38. The number of amides is 1. The molecule has 3 heteroatoms. The molecule has 0 aliphatic carbocycles. The Balaban J connectivity index is 1.63. The first-order valence-electron chi connectivity index (χ1n) is 7.26. The Labute approximate surface area is 114 Å². The summed E-state index contributed by atoms with van der Waals surface area (Å²) >= 11 is 0. The summed E-state index contributed by atoms with van der Waals surface area (Å²) in [6, 6.07) is 9.43. The fourth-order valence-corrected chi connectivity index (χ4v) is 3.46. The molecule has 0 aromatic heterocycles. The lowest BCUT2D eigenvalue weighted by Gasteiger charge is -2.22. The Morgan fingerprint density at radius 2 is 2.26 bits per heavy atom. The standard InChI is InChI=1S/C16H22N2O/c1-10-4-3-5-12(8-10)11(2)17-16(19)14-9-13-6-7-15(14)18-13/h3-5,8,11,13-15,18H,6-7,9H2,1-2H3,(H,17,19)/t11-,13?,14?,15?/m0/s1. The van der Waals surface area contributed by atoms with Gasteiger partial charge in [0.25, 0.3) is 0 Å². The molecule has 2 N–H and O–H groups in total. The third-order valence-electron chi connectivity index (χ3n) is 4.54. The van der Waals surface area contributed by atoms with Crippen molar-refractivity contribution in [3.05, 3.63) is 35.4 Å². The van der Waals surface area contributed by atoms with Gasteiger partial charge in [0.1, 0.15) is 0 Å². The molecule has 2 aliphatic rings. The molecule has 0 spiro atoms. The van der Waals surface area contributed by atoms with Gasteiger partial charge in [-0.25, -0.2) is 0 Å². The zero-order valence-corrected chi connectivity index (χ0v) is 11.6. The third-order valence-corrected chi connectivity index (χ3v) is 4.54. The number of benzene rings is 1. The van der Waals surface area contributed by atoms with Crippen LogP contribution in [0, 0.1) is 12.8 Å². The van der Waals surface area contributed by atoms with Crippen molar-refractivity contribution in [2.75, 3.05) is 0 Å². The number of carbonyl (C=O) groups is 1. The van der Waals surface area contributed by atoms with Gasteiger partial charge < -0.3 is 10.6 Å². The molecule has 2 fully saturated rings. The number of rotatable bonds is 3. The van der Waals surface area contributed by atoms with Gasteiger partial charge in [-0.2, -0.15) is 0 Å². The molecule has 0 saturated carbocycles. The monoisotopic (exact) mass is 258 g/mol. The molecule has 2 saturated heterocycles. The Bertz CT molecular complexity index is 485. The van der Waals surface area contributed by atoms with Crippen LogP contribution in [0.1, 0.15) is 43.4 Å². The summed E-state index contributed by atoms with van der Waals surface area (Å²) in [5.74, 6) is 0.389. The minimum absolute atomic E-state index is 0.0894. The Kier molecular flexibility index (Phi) is 3.31. The van der Waals surface area contributed by atoms with Gasteiger partial charge in [-0.05, 0) is 38.7 Å². The molecule has 102 valence electrons. The summed E-state index contributed by atoms with van der Waals surface area (Å²) in [5, 5.41) is 6.69. The van der Waals surface area contributed by atoms with E-state index in [1.807, 2.05) is 6.07 Å². The van der Waals surface area contributed by atoms with E-state index in [2.05, 4.69) is 42.7 Å². The summed E-state index contributed by atoms with van der Waals surface area (Å²) < 4.78 is 0. The van der Waals surface area contributed by atoms with Crippen LogP contribution >= 0.6 is 0 Å². The first kappa shape index (κ1) is 12.7. The number of nitrogens with one attached hydrogen (secondary N) is 2. The fraction of sp³-hybridized carbons (Fsp3) is 0.562. The van der Waals surface area contributed by atoms with Gasteiger partial charge in [0.05, 0.1) is 12.0 Å². The summed E-state index contributed by atoms with van der Waals surface area (Å²) in [5.41, 5.74) is 2.42. The maximum atomic E-state index is 12.4. The quantitative estimate of drug-likeness (QED) is 0.873. The van der Waals surface area contributed by atoms with Gasteiger partial charge in [-0.3, -0.25) is 4.79 Å². The molecule has 4 atom stereocenters. The van der Waals surface area contributed by atoms with Crippen molar-refractivity contribution in [2.24, 2.45) is 5.92 Å². The average Bonchev–Trinajstić information content (AvgIpc) is 3.00. The van der Waals surface area contributed by atoms with Crippen LogP contribution in [-0.2, 0) is 4.79 Å². The molecule has 0 radical (unpaired) electrons. The van der Waals surface area contributed by atoms with E-state index < -0.39 is 0 Å². The zero-order chi connectivity index (χ0) is 13.4. The van der Waals surface area contributed by atoms with Crippen LogP contribution in [0.5, 0.6) is 0 Å². The SMILES string of the molecule is Cc1cccc([C@H](C)NC(=O)C2CC3CCC2N3)c1. The second kappa shape index (κ2) is 4.97. The number of carbonyl (C=O) groups excluding carboxylic acids is 1. The highest BCUT2D eigenvalue weighted by Gasteiger charge is 2.42. The van der Waals surface area contributed by atoms with Gasteiger partial charge in [-0.1, -0.05) is 29.8 Å². The molecule has 2 bridgehead atoms. The normalized spacial score (nSPS) is 30.3. The molecular weight excluding hydrogens is 236 g/mol. The molecule has 2 aliphatic heterocycles. The fourth-order valence-electron chi connectivity index (χ4n) is 3.46. The topological polar surface area (TPSA) is 41.1 Å². The summed E-state index contributed by atoms with van der Waals surface area (Å²) in [7, 11) is 0. The largest absolute Gasteiger partial charge is 0.349 e. The van der Waals surface area contributed by atoms with Crippen molar-refractivity contribution in [3.8, 4) is 0 Å². The first-order valence-corrected chi connectivity index (χ1v) is 7.26. The lowest BCUT2D eigenvalue weighted by atomic mass is 9.88. The summed E-state index contributed by atoms with van der Waals surface area (Å²) in [6.45, 7) is 4.14. The minimum atomic E-state index is 0.0894. The third kappa shape index (κ3) is 2.52. The molecular formula is C16H22N2O. The highest BCUT2D eigenvalue weighted by Crippen LogP contribution is 2.33. The molecule has 1 aromatic rings. The van der Waals surface area contributed by atoms with Crippen molar-refractivity contribution in [1.29, 1.82) is 0 Å². The zero-order valence-electron chi connectivity index (χ0n) is 11.6. The van der Waals surface area contributed by atoms with Crippen LogP contribution < -0.4 is 10.6 Å². The molecule has 2 heterocycles. The van der Waals surface area contributed by atoms with Gasteiger partial charge in [0.15, 0.2) is 0 Å². The highest BCUT2D eigenvalue weighted by molar-refractivity contribution is 5.80. The van der Waals surface area contributed by atoms with Crippen LogP contribution in [0.3, 0.4) is 0 Å². The van der Waals surface area contributed by atoms with Gasteiger partial charge in [0, 0.05) is 12.1 Å². The smallest absolute Gasteiger partial charge is 0.225 e. The van der Waals surface area contributed by atoms with E-state index in [1.54, 1.807) is 0 Å². The van der Waals surface area contributed by atoms with E-state index in [-0.39, 0.29) is 17.9 Å². The highest BCUT2D eigenvalue weighted by atomic mass is 16.2. The van der Waals surface area contributed by atoms with E-state index in [0.717, 1.165) is 12.8 Å². The molecule has 1 amide bonds. The maximum Gasteiger partial charge on any atom is 0.225 e. The number of fused-ring (bicyclic) bond motifs is 2. The van der Waals surface area contributed by atoms with E-state index in [0.29, 0.717) is 12.1 Å². The van der Waals surface area contributed by atoms with Gasteiger partial charge in [-0.15, -0.1) is 0 Å². The first-order chi connectivity index (χ1) is 9.13. The van der Waals surface area contributed by atoms with E-state index in [4.69, 9.17) is 0 Å². The predicted octanol–water partition coefficient (Wildman–Crippen LogP) is 2.31. The number of hydrogen-bond acceptors (Lipinski definition) is 2. The van der Waals surface area contributed by atoms with Crippen LogP contribution in [-0.4, -0.2) is 18.0 Å². The second-order valence-electron chi connectivity index (χ2n) is 6.03. The van der Waals surface area contributed by atoms with E-state index in [9.17, 15) is 4.79 Å². The molecule has 19 heavy (non-hydrogen) atoms. The van der Waals surface area contributed by atoms with Crippen LogP contribution in [0.2, 0.25) is 0 Å². The lowest BCUT2D eigenvalue weighted by molar-refractivity contribution is -0.126. The Morgan fingerprint density at radius 3 is 2.89 bits per heavy atom. The van der Waals surface area contributed by atoms with Crippen LogP contribution in [0.4, 0.5) is 0 Å². The number of hydrogen-bond donors (Lipinski definition) is 2. The van der Waals surface area contributed by atoms with Gasteiger partial charge in [0.2, 0.25) is 5.91 Å². The van der Waals surface area contributed by atoms with Crippen molar-refractivity contribution in [2.45, 2.75) is 51.2 Å². The van der Waals surface area contributed by atoms with Crippen LogP contribution in [0.25, 0.3) is 0 Å². The Hall–Kier alpha value is -1.35. The Morgan fingerprint density at radius 1 is 1.42 bits per heavy atom. The minimum Gasteiger partial charge on any atom is -0.349 e. The average molecular weight is 258 g/mol. The maximum absolute atomic E-state index is 12.4. The second-order valence-corrected chi connectivity index (χ2v) is 6.03. The molecule has 3 unspecified atom stereocenters. The molecule has 1 aromatic carbocycles.